The molecular weight excluding hydrogens is 106 g/mol. The molecule has 0 N–H and O–H groups in total. The molecule has 3 heteroatoms. The minimum Gasteiger partial charge on any atom is -0.446 e. The highest BCUT2D eigenvalue weighted by atomic mass is 16.6. The number of oxazole rings is 1. The lowest BCUT2D eigenvalue weighted by molar-refractivity contribution is 0.370. The van der Waals surface area contributed by atoms with Gasteiger partial charge >= 0.3 is 0 Å². The van der Waals surface area contributed by atoms with Gasteiger partial charge in [-0.1, -0.05) is 0 Å². The standard InChI is InChI=1S/C5H5NO2/c1-4(5-2-7-5)8-3-6-1/h1,3,5H,2H2/t5-/m0/s1. The van der Waals surface area contributed by atoms with Gasteiger partial charge < -0.3 is 9.15 Å². The zero-order chi connectivity index (χ0) is 5.40. The first-order chi connectivity index (χ1) is 3.97. The highest BCUT2D eigenvalue weighted by Crippen LogP contribution is 2.28. The average molecular weight is 111 g/mol. The molecule has 0 aromatic carbocycles. The van der Waals surface area contributed by atoms with Gasteiger partial charge in [0.2, 0.25) is 0 Å². The monoisotopic (exact) mass is 111 g/mol. The maximum absolute atomic E-state index is 4.92. The van der Waals surface area contributed by atoms with Crippen LogP contribution < -0.4 is 0 Å². The van der Waals surface area contributed by atoms with E-state index in [1.165, 1.54) is 6.39 Å². The Morgan fingerprint density at radius 1 is 1.75 bits per heavy atom. The third-order valence-electron chi connectivity index (χ3n) is 1.10. The van der Waals surface area contributed by atoms with Gasteiger partial charge in [-0.2, -0.15) is 0 Å². The summed E-state index contributed by atoms with van der Waals surface area (Å²) in [6.45, 7) is 0.787. The first-order valence-corrected chi connectivity index (χ1v) is 2.47. The van der Waals surface area contributed by atoms with Crippen molar-refractivity contribution in [1.29, 1.82) is 0 Å². The van der Waals surface area contributed by atoms with Crippen molar-refractivity contribution in [3.8, 4) is 0 Å². The Morgan fingerprint density at radius 3 is 3.12 bits per heavy atom. The van der Waals surface area contributed by atoms with E-state index in [0.29, 0.717) is 0 Å². The fraction of sp³-hybridized carbons (Fsp3) is 0.400. The number of aromatic nitrogens is 1. The van der Waals surface area contributed by atoms with E-state index in [4.69, 9.17) is 9.15 Å². The van der Waals surface area contributed by atoms with E-state index in [9.17, 15) is 0 Å². The second kappa shape index (κ2) is 1.32. The van der Waals surface area contributed by atoms with E-state index >= 15 is 0 Å². The summed E-state index contributed by atoms with van der Waals surface area (Å²) in [6.07, 6.45) is 3.30. The van der Waals surface area contributed by atoms with Gasteiger partial charge in [-0.25, -0.2) is 4.98 Å². The van der Waals surface area contributed by atoms with Gasteiger partial charge in [0.15, 0.2) is 12.2 Å². The van der Waals surface area contributed by atoms with Gasteiger partial charge in [-0.3, -0.25) is 0 Å². The number of nitrogens with zero attached hydrogens (tertiary/aromatic N) is 1. The highest BCUT2D eigenvalue weighted by Gasteiger charge is 2.27. The SMILES string of the molecule is c1ncc([C@@H]2CO2)o1. The Hall–Kier alpha value is -0.830. The van der Waals surface area contributed by atoms with E-state index in [-0.39, 0.29) is 6.10 Å². The fourth-order valence-electron chi connectivity index (χ4n) is 0.597. The molecule has 0 spiro atoms. The quantitative estimate of drug-likeness (QED) is 0.502. The first kappa shape index (κ1) is 4.09. The zero-order valence-electron chi connectivity index (χ0n) is 4.20. The Balaban J connectivity index is 2.28. The molecule has 1 aromatic rings. The molecule has 2 rings (SSSR count). The zero-order valence-corrected chi connectivity index (χ0v) is 4.20. The maximum Gasteiger partial charge on any atom is 0.180 e. The van der Waals surface area contributed by atoms with Crippen molar-refractivity contribution in [2.24, 2.45) is 0 Å². The molecule has 1 aliphatic heterocycles. The van der Waals surface area contributed by atoms with Crippen molar-refractivity contribution >= 4 is 0 Å². The molecular formula is C5H5NO2. The smallest absolute Gasteiger partial charge is 0.180 e. The van der Waals surface area contributed by atoms with Crippen LogP contribution in [0, 0.1) is 0 Å². The maximum atomic E-state index is 4.92. The fourth-order valence-corrected chi connectivity index (χ4v) is 0.597. The van der Waals surface area contributed by atoms with E-state index < -0.39 is 0 Å². The van der Waals surface area contributed by atoms with Gasteiger partial charge in [-0.05, 0) is 0 Å². The Morgan fingerprint density at radius 2 is 2.62 bits per heavy atom. The molecule has 42 valence electrons. The molecule has 0 aliphatic carbocycles. The van der Waals surface area contributed by atoms with Crippen LogP contribution in [-0.4, -0.2) is 11.6 Å². The molecule has 0 unspecified atom stereocenters. The molecule has 8 heavy (non-hydrogen) atoms. The summed E-state index contributed by atoms with van der Waals surface area (Å²) in [5.74, 6) is 0.838. The van der Waals surface area contributed by atoms with E-state index in [0.717, 1.165) is 12.4 Å². The van der Waals surface area contributed by atoms with Gasteiger partial charge in [0.25, 0.3) is 0 Å². The Kier molecular flexibility index (Phi) is 0.676. The largest absolute Gasteiger partial charge is 0.446 e. The van der Waals surface area contributed by atoms with Gasteiger partial charge in [0.1, 0.15) is 6.10 Å². The van der Waals surface area contributed by atoms with Crippen molar-refractivity contribution in [2.75, 3.05) is 6.61 Å². The van der Waals surface area contributed by atoms with Crippen LogP contribution in [0.1, 0.15) is 11.9 Å². The van der Waals surface area contributed by atoms with Crippen molar-refractivity contribution in [1.82, 2.24) is 4.98 Å². The van der Waals surface area contributed by atoms with E-state index in [2.05, 4.69) is 4.98 Å². The number of ether oxygens (including phenoxy) is 1. The molecule has 0 saturated carbocycles. The van der Waals surface area contributed by atoms with Gasteiger partial charge in [0.05, 0.1) is 12.8 Å². The van der Waals surface area contributed by atoms with Crippen LogP contribution in [-0.2, 0) is 4.74 Å². The van der Waals surface area contributed by atoms with E-state index in [1.54, 1.807) is 6.20 Å². The molecule has 0 amide bonds. The van der Waals surface area contributed by atoms with Crippen molar-refractivity contribution in [3.63, 3.8) is 0 Å². The third-order valence-corrected chi connectivity index (χ3v) is 1.10. The predicted molar refractivity (Wildman–Crippen MR) is 25.2 cm³/mol. The third kappa shape index (κ3) is 0.518. The molecule has 0 radical (unpaired) electrons. The van der Waals surface area contributed by atoms with Crippen LogP contribution in [0.3, 0.4) is 0 Å². The second-order valence-corrected chi connectivity index (χ2v) is 1.73. The number of rotatable bonds is 1. The van der Waals surface area contributed by atoms with Crippen LogP contribution in [0.5, 0.6) is 0 Å². The summed E-state index contributed by atoms with van der Waals surface area (Å²) in [5.41, 5.74) is 0. The summed E-state index contributed by atoms with van der Waals surface area (Å²) in [5, 5.41) is 0. The summed E-state index contributed by atoms with van der Waals surface area (Å²) in [7, 11) is 0. The summed E-state index contributed by atoms with van der Waals surface area (Å²) >= 11 is 0. The van der Waals surface area contributed by atoms with Crippen molar-refractivity contribution in [3.05, 3.63) is 18.4 Å². The van der Waals surface area contributed by atoms with Crippen LogP contribution >= 0.6 is 0 Å². The molecule has 1 fully saturated rings. The second-order valence-electron chi connectivity index (χ2n) is 1.73. The Bertz CT molecular complexity index is 167. The Labute approximate surface area is 46.3 Å². The molecule has 1 saturated heterocycles. The summed E-state index contributed by atoms with van der Waals surface area (Å²) in [6, 6.07) is 0. The predicted octanol–water partition coefficient (Wildman–Crippen LogP) is 0.746. The molecule has 0 bridgehead atoms. The number of hydrogen-bond donors (Lipinski definition) is 0. The lowest BCUT2D eigenvalue weighted by Crippen LogP contribution is -1.69. The molecule has 3 nitrogen and oxygen atoms in total. The lowest BCUT2D eigenvalue weighted by Gasteiger charge is -1.77. The topological polar surface area (TPSA) is 38.6 Å². The summed E-state index contributed by atoms with van der Waals surface area (Å²) < 4.78 is 9.84. The first-order valence-electron chi connectivity index (χ1n) is 2.47. The summed E-state index contributed by atoms with van der Waals surface area (Å²) in [4.78, 5) is 3.74. The van der Waals surface area contributed by atoms with Gasteiger partial charge in [0, 0.05) is 0 Å². The highest BCUT2D eigenvalue weighted by molar-refractivity contribution is 4.99. The van der Waals surface area contributed by atoms with Crippen LogP contribution in [0.15, 0.2) is 17.0 Å². The van der Waals surface area contributed by atoms with Crippen LogP contribution in [0.4, 0.5) is 0 Å². The van der Waals surface area contributed by atoms with Crippen LogP contribution in [0.25, 0.3) is 0 Å². The van der Waals surface area contributed by atoms with E-state index in [1.807, 2.05) is 0 Å². The minimum absolute atomic E-state index is 0.206. The van der Waals surface area contributed by atoms with Crippen molar-refractivity contribution < 1.29 is 9.15 Å². The van der Waals surface area contributed by atoms with Crippen molar-refractivity contribution in [2.45, 2.75) is 6.10 Å². The number of hydrogen-bond acceptors (Lipinski definition) is 3. The minimum atomic E-state index is 0.206. The lowest BCUT2D eigenvalue weighted by atomic mass is 10.4. The normalized spacial score (nSPS) is 25.8. The number of epoxide rings is 1. The molecule has 1 aliphatic rings. The average Bonchev–Trinajstić information content (AvgIpc) is 2.49. The van der Waals surface area contributed by atoms with Crippen LogP contribution in [0.2, 0.25) is 0 Å². The molecule has 1 aromatic heterocycles. The molecule has 2 heterocycles. The molecule has 1 atom stereocenters. The van der Waals surface area contributed by atoms with Gasteiger partial charge in [-0.15, -0.1) is 0 Å².